The van der Waals surface area contributed by atoms with Gasteiger partial charge in [-0.2, -0.15) is 0 Å². The molecule has 2 aliphatic carbocycles. The maximum atomic E-state index is 6.65. The van der Waals surface area contributed by atoms with E-state index < -0.39 is 0 Å². The molecular formula is C50H40O. The molecule has 8 aromatic rings. The minimum Gasteiger partial charge on any atom is -0.456 e. The van der Waals surface area contributed by atoms with E-state index in [1.165, 1.54) is 82.4 Å². The predicted molar refractivity (Wildman–Crippen MR) is 215 cm³/mol. The molecule has 0 amide bonds. The van der Waals surface area contributed by atoms with Crippen molar-refractivity contribution in [3.05, 3.63) is 178 Å². The fourth-order valence-electron chi connectivity index (χ4n) is 8.83. The van der Waals surface area contributed by atoms with Crippen LogP contribution >= 0.6 is 0 Å². The molecule has 51 heavy (non-hydrogen) atoms. The van der Waals surface area contributed by atoms with Gasteiger partial charge in [-0.15, -0.1) is 0 Å². The van der Waals surface area contributed by atoms with Crippen LogP contribution in [-0.4, -0.2) is 0 Å². The van der Waals surface area contributed by atoms with Crippen LogP contribution in [-0.2, 0) is 11.8 Å². The van der Waals surface area contributed by atoms with Crippen LogP contribution in [0.2, 0.25) is 0 Å². The topological polar surface area (TPSA) is 13.1 Å². The van der Waals surface area contributed by atoms with E-state index in [4.69, 9.17) is 4.42 Å². The molecule has 10 rings (SSSR count). The van der Waals surface area contributed by atoms with Crippen molar-refractivity contribution in [2.45, 2.75) is 51.9 Å². The molecule has 0 N–H and O–H groups in total. The van der Waals surface area contributed by atoms with Crippen LogP contribution in [0.3, 0.4) is 0 Å². The Labute approximate surface area is 299 Å². The third kappa shape index (κ3) is 4.83. The highest BCUT2D eigenvalue weighted by Crippen LogP contribution is 2.48. The van der Waals surface area contributed by atoms with E-state index >= 15 is 0 Å². The molecule has 0 saturated carbocycles. The largest absolute Gasteiger partial charge is 0.456 e. The van der Waals surface area contributed by atoms with Crippen molar-refractivity contribution >= 4 is 44.2 Å². The number of para-hydroxylation sites is 1. The standard InChI is InChI=1S/C50H40O/c1-30-13-15-31(16-14-30)42-28-44(36-25-33-9-5-6-10-34(33)26-36)40-22-21-39-43(32-17-19-37(20-18-32)50(2,3)4)29-45(41-24-23-38(42)48(40)49(39)41)47-27-35-11-7-8-12-46(35)51-47/h5-25,27,29,44H,26,28H2,1-4H3. The van der Waals surface area contributed by atoms with Crippen LogP contribution in [0.15, 0.2) is 143 Å². The van der Waals surface area contributed by atoms with Crippen LogP contribution in [0, 0.1) is 6.92 Å². The summed E-state index contributed by atoms with van der Waals surface area (Å²) in [6.07, 6.45) is 4.46. The summed E-state index contributed by atoms with van der Waals surface area (Å²) in [5.41, 5.74) is 15.7. The average Bonchev–Trinajstić information content (AvgIpc) is 3.78. The second-order valence-electron chi connectivity index (χ2n) is 15.8. The molecular weight excluding hydrogens is 617 g/mol. The van der Waals surface area contributed by atoms with Gasteiger partial charge in [0, 0.05) is 16.9 Å². The lowest BCUT2D eigenvalue weighted by atomic mass is 9.74. The smallest absolute Gasteiger partial charge is 0.136 e. The van der Waals surface area contributed by atoms with Gasteiger partial charge >= 0.3 is 0 Å². The summed E-state index contributed by atoms with van der Waals surface area (Å²) >= 11 is 0. The van der Waals surface area contributed by atoms with Crippen molar-refractivity contribution in [1.82, 2.24) is 0 Å². The molecule has 1 aromatic heterocycles. The van der Waals surface area contributed by atoms with E-state index in [1.807, 2.05) is 0 Å². The number of fused-ring (bicyclic) bond motifs is 2. The van der Waals surface area contributed by atoms with E-state index in [-0.39, 0.29) is 5.41 Å². The van der Waals surface area contributed by atoms with Gasteiger partial charge in [-0.3, -0.25) is 0 Å². The molecule has 0 spiro atoms. The monoisotopic (exact) mass is 656 g/mol. The van der Waals surface area contributed by atoms with Gasteiger partial charge in [0.15, 0.2) is 0 Å². The van der Waals surface area contributed by atoms with Crippen LogP contribution in [0.1, 0.15) is 66.5 Å². The molecule has 0 saturated heterocycles. The maximum absolute atomic E-state index is 6.65. The Bertz CT molecular complexity index is 2730. The summed E-state index contributed by atoms with van der Waals surface area (Å²) in [7, 11) is 0. The number of hydrogen-bond acceptors (Lipinski definition) is 1. The van der Waals surface area contributed by atoms with Crippen molar-refractivity contribution < 1.29 is 4.42 Å². The predicted octanol–water partition coefficient (Wildman–Crippen LogP) is 12.7. The highest BCUT2D eigenvalue weighted by atomic mass is 16.3. The van der Waals surface area contributed by atoms with Crippen LogP contribution in [0.25, 0.3) is 66.6 Å². The minimum absolute atomic E-state index is 0.0876. The summed E-state index contributed by atoms with van der Waals surface area (Å²) in [4.78, 5) is 0. The van der Waals surface area contributed by atoms with Crippen molar-refractivity contribution in [2.24, 2.45) is 0 Å². The normalized spacial score (nSPS) is 15.6. The van der Waals surface area contributed by atoms with E-state index in [2.05, 4.69) is 167 Å². The van der Waals surface area contributed by atoms with Gasteiger partial charge in [0.2, 0.25) is 0 Å². The lowest BCUT2D eigenvalue weighted by molar-refractivity contribution is 0.590. The van der Waals surface area contributed by atoms with E-state index in [0.29, 0.717) is 5.92 Å². The fraction of sp³-hybridized carbons (Fsp3) is 0.160. The van der Waals surface area contributed by atoms with E-state index in [1.54, 1.807) is 0 Å². The van der Waals surface area contributed by atoms with E-state index in [9.17, 15) is 0 Å². The Kier molecular flexibility index (Phi) is 6.61. The first-order valence-electron chi connectivity index (χ1n) is 18.3. The molecule has 1 nitrogen and oxygen atoms in total. The van der Waals surface area contributed by atoms with Crippen LogP contribution < -0.4 is 5.22 Å². The molecule has 0 radical (unpaired) electrons. The van der Waals surface area contributed by atoms with Gasteiger partial charge < -0.3 is 4.42 Å². The van der Waals surface area contributed by atoms with Gasteiger partial charge in [0.25, 0.3) is 0 Å². The summed E-state index contributed by atoms with van der Waals surface area (Å²) in [6.45, 7) is 9.02. The first-order chi connectivity index (χ1) is 24.8. The van der Waals surface area contributed by atoms with E-state index in [0.717, 1.165) is 35.1 Å². The highest BCUT2D eigenvalue weighted by molar-refractivity contribution is 6.21. The highest BCUT2D eigenvalue weighted by Gasteiger charge is 2.31. The van der Waals surface area contributed by atoms with Crippen molar-refractivity contribution in [3.8, 4) is 22.5 Å². The summed E-state index contributed by atoms with van der Waals surface area (Å²) in [5.74, 6) is 1.20. The van der Waals surface area contributed by atoms with Gasteiger partial charge in [0.1, 0.15) is 11.3 Å². The van der Waals surface area contributed by atoms with Gasteiger partial charge in [-0.1, -0.05) is 153 Å². The SMILES string of the molecule is Cc1ccc(C2=c3ccc4c(-c5cc6ccccc6o5)cc(-c5ccc(C(C)(C)C)cc5)c5ccc(c3c54)C(C3=Cc4ccccc4C3)C2)cc1. The van der Waals surface area contributed by atoms with Crippen molar-refractivity contribution in [3.63, 3.8) is 0 Å². The Morgan fingerprint density at radius 3 is 2.16 bits per heavy atom. The molecule has 1 heterocycles. The average molecular weight is 657 g/mol. The Morgan fingerprint density at radius 2 is 1.37 bits per heavy atom. The fourth-order valence-corrected chi connectivity index (χ4v) is 8.83. The second-order valence-corrected chi connectivity index (χ2v) is 15.8. The molecule has 0 bridgehead atoms. The first kappa shape index (κ1) is 30.2. The zero-order valence-corrected chi connectivity index (χ0v) is 29.7. The summed E-state index contributed by atoms with van der Waals surface area (Å²) in [6, 6.07) is 49.9. The lowest BCUT2D eigenvalue weighted by Gasteiger charge is -2.29. The lowest BCUT2D eigenvalue weighted by Crippen LogP contribution is -2.21. The third-order valence-electron chi connectivity index (χ3n) is 11.6. The molecule has 1 unspecified atom stereocenters. The number of allylic oxidation sites excluding steroid dienone is 1. The van der Waals surface area contributed by atoms with Crippen LogP contribution in [0.5, 0.6) is 0 Å². The molecule has 7 aromatic carbocycles. The maximum Gasteiger partial charge on any atom is 0.136 e. The number of furan rings is 1. The van der Waals surface area contributed by atoms with Gasteiger partial charge in [-0.25, -0.2) is 0 Å². The van der Waals surface area contributed by atoms with Gasteiger partial charge in [0.05, 0.1) is 0 Å². The third-order valence-corrected chi connectivity index (χ3v) is 11.6. The zero-order chi connectivity index (χ0) is 34.4. The molecule has 0 fully saturated rings. The molecule has 1 atom stereocenters. The second kappa shape index (κ2) is 11.2. The summed E-state index contributed by atoms with van der Waals surface area (Å²) in [5, 5.41) is 7.74. The first-order valence-corrected chi connectivity index (χ1v) is 18.3. The quantitative estimate of drug-likeness (QED) is 0.184. The molecule has 246 valence electrons. The van der Waals surface area contributed by atoms with Gasteiger partial charge in [-0.05, 0) is 115 Å². The number of aryl methyl sites for hydroxylation is 1. The van der Waals surface area contributed by atoms with Crippen molar-refractivity contribution in [2.75, 3.05) is 0 Å². The molecule has 2 aliphatic rings. The van der Waals surface area contributed by atoms with Crippen LogP contribution in [0.4, 0.5) is 0 Å². The number of benzene rings is 7. The molecule has 0 aliphatic heterocycles. The Hall–Kier alpha value is -5.66. The number of hydrogen-bond donors (Lipinski definition) is 0. The minimum atomic E-state index is 0.0876. The van der Waals surface area contributed by atoms with Crippen molar-refractivity contribution in [1.29, 1.82) is 0 Å². The number of rotatable bonds is 4. The Morgan fingerprint density at radius 1 is 0.647 bits per heavy atom. The Balaban J connectivity index is 1.30. The molecule has 1 heteroatoms. The summed E-state index contributed by atoms with van der Waals surface area (Å²) < 4.78 is 6.65. The zero-order valence-electron chi connectivity index (χ0n) is 29.7.